The number of hydrogen-bond donors (Lipinski definition) is 1. The molecule has 0 amide bonds. The van der Waals surface area contributed by atoms with E-state index in [1.165, 1.54) is 25.1 Å². The molecule has 0 aromatic heterocycles. The van der Waals surface area contributed by atoms with E-state index in [2.05, 4.69) is 5.32 Å². The lowest BCUT2D eigenvalue weighted by atomic mass is 10.1. The first kappa shape index (κ1) is 16.9. The van der Waals surface area contributed by atoms with Crippen molar-refractivity contribution in [3.05, 3.63) is 34.5 Å². The lowest BCUT2D eigenvalue weighted by molar-refractivity contribution is -0.138. The van der Waals surface area contributed by atoms with Gasteiger partial charge in [-0.05, 0) is 24.6 Å². The molecule has 0 saturated carbocycles. The molecule has 0 heterocycles. The van der Waals surface area contributed by atoms with Crippen LogP contribution in [0.5, 0.6) is 5.75 Å². The number of alkyl halides is 3. The molecule has 1 N–H and O–H groups in total. The predicted octanol–water partition coefficient (Wildman–Crippen LogP) is 3.26. The molecule has 22 heavy (non-hydrogen) atoms. The van der Waals surface area contributed by atoms with Crippen molar-refractivity contribution in [2.24, 2.45) is 0 Å². The van der Waals surface area contributed by atoms with Crippen LogP contribution < -0.4 is 10.1 Å². The number of halogens is 3. The van der Waals surface area contributed by atoms with Crippen molar-refractivity contribution in [2.45, 2.75) is 13.1 Å². The lowest BCUT2D eigenvalue weighted by Gasteiger charge is -2.16. The number of anilines is 1. The maximum Gasteiger partial charge on any atom is 0.420 e. The Labute approximate surface area is 124 Å². The number of rotatable bonds is 3. The van der Waals surface area contributed by atoms with E-state index >= 15 is 0 Å². The lowest BCUT2D eigenvalue weighted by Crippen LogP contribution is -2.10. The van der Waals surface area contributed by atoms with Crippen molar-refractivity contribution < 1.29 is 17.9 Å². The number of nitrogens with one attached hydrogen (secondary N) is 1. The van der Waals surface area contributed by atoms with Crippen molar-refractivity contribution in [1.29, 1.82) is 15.8 Å². The molecule has 0 atom stereocenters. The van der Waals surface area contributed by atoms with Gasteiger partial charge in [0.15, 0.2) is 5.57 Å². The second kappa shape index (κ2) is 6.51. The molecule has 0 saturated heterocycles. The first-order valence-electron chi connectivity index (χ1n) is 5.75. The van der Waals surface area contributed by atoms with Crippen LogP contribution in [-0.2, 0) is 6.18 Å². The van der Waals surface area contributed by atoms with Gasteiger partial charge < -0.3 is 10.1 Å². The fourth-order valence-electron chi connectivity index (χ4n) is 1.76. The van der Waals surface area contributed by atoms with Gasteiger partial charge in [0.1, 0.15) is 29.7 Å². The van der Waals surface area contributed by atoms with Gasteiger partial charge in [0, 0.05) is 5.69 Å². The van der Waals surface area contributed by atoms with E-state index in [4.69, 9.17) is 20.5 Å². The molecule has 0 aliphatic rings. The van der Waals surface area contributed by atoms with Gasteiger partial charge in [-0.25, -0.2) is 0 Å². The number of allylic oxidation sites excluding steroid dienone is 2. The molecule has 0 fully saturated rings. The van der Waals surface area contributed by atoms with E-state index in [9.17, 15) is 13.2 Å². The van der Waals surface area contributed by atoms with Crippen LogP contribution in [0, 0.1) is 40.9 Å². The fraction of sp³-hybridized carbons (Fsp3) is 0.214. The Morgan fingerprint density at radius 1 is 1.14 bits per heavy atom. The maximum atomic E-state index is 13.0. The van der Waals surface area contributed by atoms with Crippen LogP contribution in [0.3, 0.4) is 0 Å². The minimum Gasteiger partial charge on any atom is -0.496 e. The topological polar surface area (TPSA) is 92.6 Å². The van der Waals surface area contributed by atoms with Gasteiger partial charge in [-0.3, -0.25) is 0 Å². The highest BCUT2D eigenvalue weighted by Gasteiger charge is 2.35. The van der Waals surface area contributed by atoms with Crippen molar-refractivity contribution in [2.75, 3.05) is 12.4 Å². The molecule has 0 bridgehead atoms. The van der Waals surface area contributed by atoms with Crippen LogP contribution in [0.2, 0.25) is 0 Å². The van der Waals surface area contributed by atoms with Crippen LogP contribution >= 0.6 is 0 Å². The molecular weight excluding hydrogens is 297 g/mol. The number of nitrogens with zero attached hydrogens (tertiary/aromatic N) is 3. The van der Waals surface area contributed by atoms with Crippen molar-refractivity contribution in [1.82, 2.24) is 0 Å². The van der Waals surface area contributed by atoms with Crippen LogP contribution in [0.15, 0.2) is 23.4 Å². The first-order chi connectivity index (χ1) is 10.3. The summed E-state index contributed by atoms with van der Waals surface area (Å²) in [6.07, 6.45) is -4.66. The van der Waals surface area contributed by atoms with Gasteiger partial charge in [-0.2, -0.15) is 29.0 Å². The smallest absolute Gasteiger partial charge is 0.420 e. The standard InChI is InChI=1S/C14H9F3N4O/c1-8-3-10(21-12(7-20)9(5-18)6-19)4-11(13(8)22-2)14(15,16)17/h3-4,21H,1-2H3. The molecule has 0 spiro atoms. The second-order valence-electron chi connectivity index (χ2n) is 4.08. The summed E-state index contributed by atoms with van der Waals surface area (Å²) < 4.78 is 43.8. The number of benzene rings is 1. The molecule has 0 radical (unpaired) electrons. The summed E-state index contributed by atoms with van der Waals surface area (Å²) in [5.41, 5.74) is -1.87. The van der Waals surface area contributed by atoms with E-state index in [-0.39, 0.29) is 17.0 Å². The molecule has 8 heteroatoms. The minimum atomic E-state index is -4.66. The number of nitriles is 3. The summed E-state index contributed by atoms with van der Waals surface area (Å²) in [6.45, 7) is 1.41. The Morgan fingerprint density at radius 2 is 1.73 bits per heavy atom. The Bertz CT molecular complexity index is 730. The maximum absolute atomic E-state index is 13.0. The van der Waals surface area contributed by atoms with Gasteiger partial charge in [-0.15, -0.1) is 0 Å². The van der Waals surface area contributed by atoms with Gasteiger partial charge in [0.2, 0.25) is 0 Å². The van der Waals surface area contributed by atoms with E-state index in [0.717, 1.165) is 13.2 Å². The SMILES string of the molecule is COc1c(C)cc(NC(C#N)=C(C#N)C#N)cc1C(F)(F)F. The van der Waals surface area contributed by atoms with Crippen LogP contribution in [-0.4, -0.2) is 7.11 Å². The molecular formula is C14H9F3N4O. The molecule has 0 unspecified atom stereocenters. The average molecular weight is 306 g/mol. The van der Waals surface area contributed by atoms with Crippen LogP contribution in [0.1, 0.15) is 11.1 Å². The van der Waals surface area contributed by atoms with Gasteiger partial charge in [0.05, 0.1) is 12.7 Å². The first-order valence-corrected chi connectivity index (χ1v) is 5.75. The summed E-state index contributed by atoms with van der Waals surface area (Å²) in [5, 5.41) is 28.7. The van der Waals surface area contributed by atoms with E-state index in [0.29, 0.717) is 0 Å². The summed E-state index contributed by atoms with van der Waals surface area (Å²) in [4.78, 5) is 0. The highest BCUT2D eigenvalue weighted by Crippen LogP contribution is 2.40. The molecule has 112 valence electrons. The molecule has 0 aliphatic heterocycles. The number of aryl methyl sites for hydroxylation is 1. The van der Waals surface area contributed by atoms with Crippen LogP contribution in [0.4, 0.5) is 18.9 Å². The predicted molar refractivity (Wildman–Crippen MR) is 70.2 cm³/mol. The number of methoxy groups -OCH3 is 1. The second-order valence-corrected chi connectivity index (χ2v) is 4.08. The Balaban J connectivity index is 3.45. The highest BCUT2D eigenvalue weighted by atomic mass is 19.4. The molecule has 1 aromatic carbocycles. The molecule has 5 nitrogen and oxygen atoms in total. The largest absolute Gasteiger partial charge is 0.496 e. The normalized spacial score (nSPS) is 9.91. The number of ether oxygens (including phenoxy) is 1. The number of hydrogen-bond acceptors (Lipinski definition) is 5. The van der Waals surface area contributed by atoms with Crippen LogP contribution in [0.25, 0.3) is 0 Å². The third-order valence-electron chi connectivity index (χ3n) is 2.64. The van der Waals surface area contributed by atoms with E-state index < -0.39 is 23.0 Å². The van der Waals surface area contributed by atoms with Gasteiger partial charge in [-0.1, -0.05) is 0 Å². The van der Waals surface area contributed by atoms with Crippen molar-refractivity contribution in [3.8, 4) is 24.0 Å². The third kappa shape index (κ3) is 3.47. The third-order valence-corrected chi connectivity index (χ3v) is 2.64. The zero-order valence-corrected chi connectivity index (χ0v) is 11.5. The zero-order valence-electron chi connectivity index (χ0n) is 11.5. The monoisotopic (exact) mass is 306 g/mol. The molecule has 1 rings (SSSR count). The highest BCUT2D eigenvalue weighted by molar-refractivity contribution is 5.63. The molecule has 0 aliphatic carbocycles. The Kier molecular flexibility index (Phi) is 5.00. The Hall–Kier alpha value is -3.18. The van der Waals surface area contributed by atoms with Crippen molar-refractivity contribution >= 4 is 5.69 Å². The minimum absolute atomic E-state index is 0.0785. The Morgan fingerprint density at radius 3 is 2.14 bits per heavy atom. The van der Waals surface area contributed by atoms with Gasteiger partial charge in [0.25, 0.3) is 0 Å². The van der Waals surface area contributed by atoms with E-state index in [1.807, 2.05) is 0 Å². The fourth-order valence-corrected chi connectivity index (χ4v) is 1.76. The van der Waals surface area contributed by atoms with E-state index in [1.54, 1.807) is 6.07 Å². The summed E-state index contributed by atoms with van der Waals surface area (Å²) in [7, 11) is 1.12. The summed E-state index contributed by atoms with van der Waals surface area (Å²) in [6, 6.07) is 6.62. The van der Waals surface area contributed by atoms with Crippen molar-refractivity contribution in [3.63, 3.8) is 0 Å². The quantitative estimate of drug-likeness (QED) is 0.865. The zero-order chi connectivity index (χ0) is 16.9. The van der Waals surface area contributed by atoms with Gasteiger partial charge >= 0.3 is 6.18 Å². The summed E-state index contributed by atoms with van der Waals surface area (Å²) in [5.74, 6) is -0.332. The average Bonchev–Trinajstić information content (AvgIpc) is 2.45. The molecule has 1 aromatic rings. The summed E-state index contributed by atoms with van der Waals surface area (Å²) >= 11 is 0.